The predicted octanol–water partition coefficient (Wildman–Crippen LogP) is 0.683. The lowest BCUT2D eigenvalue weighted by molar-refractivity contribution is -0.154. The Kier molecular flexibility index (Phi) is 3.90. The fourth-order valence-electron chi connectivity index (χ4n) is 2.98. The van der Waals surface area contributed by atoms with Crippen LogP contribution in [0.2, 0.25) is 0 Å². The summed E-state index contributed by atoms with van der Waals surface area (Å²) in [4.78, 5) is 26.3. The molecule has 1 aliphatic carbocycles. The summed E-state index contributed by atoms with van der Waals surface area (Å²) >= 11 is 0. The summed E-state index contributed by atoms with van der Waals surface area (Å²) < 4.78 is 5.01. The van der Waals surface area contributed by atoms with Crippen LogP contribution in [0.1, 0.15) is 39.0 Å². The highest BCUT2D eigenvalue weighted by Gasteiger charge is 2.50. The number of carbonyl (C=O) groups is 2. The Morgan fingerprint density at radius 1 is 1.39 bits per heavy atom. The Morgan fingerprint density at radius 3 is 2.67 bits per heavy atom. The number of amides is 2. The molecule has 0 bridgehead atoms. The Balaban J connectivity index is 2.10. The van der Waals surface area contributed by atoms with Crippen LogP contribution in [0.15, 0.2) is 0 Å². The first-order chi connectivity index (χ1) is 8.60. The highest BCUT2D eigenvalue weighted by atomic mass is 16.5. The van der Waals surface area contributed by atoms with Gasteiger partial charge in [0.2, 0.25) is 11.8 Å². The van der Waals surface area contributed by atoms with Gasteiger partial charge in [-0.1, -0.05) is 12.8 Å². The summed E-state index contributed by atoms with van der Waals surface area (Å²) in [5.74, 6) is 0.0807. The van der Waals surface area contributed by atoms with Gasteiger partial charge in [0.05, 0.1) is 0 Å². The average molecular weight is 254 g/mol. The molecule has 2 amide bonds. The van der Waals surface area contributed by atoms with Crippen molar-refractivity contribution in [2.45, 2.75) is 50.6 Å². The molecular weight excluding hydrogens is 232 g/mol. The first kappa shape index (κ1) is 13.3. The molecule has 102 valence electrons. The molecule has 2 aliphatic rings. The van der Waals surface area contributed by atoms with Crippen LogP contribution in [0.5, 0.6) is 0 Å². The molecule has 0 aromatic rings. The van der Waals surface area contributed by atoms with E-state index in [1.165, 1.54) is 0 Å². The Bertz CT molecular complexity index is 337. The molecule has 1 heterocycles. The highest BCUT2D eigenvalue weighted by Crippen LogP contribution is 2.34. The third-order valence-corrected chi connectivity index (χ3v) is 4.08. The van der Waals surface area contributed by atoms with Gasteiger partial charge in [0.1, 0.15) is 11.6 Å². The molecule has 0 radical (unpaired) electrons. The van der Waals surface area contributed by atoms with E-state index in [0.29, 0.717) is 13.2 Å². The zero-order valence-electron chi connectivity index (χ0n) is 11.2. The summed E-state index contributed by atoms with van der Waals surface area (Å²) in [5.41, 5.74) is -0.601. The van der Waals surface area contributed by atoms with Crippen LogP contribution in [-0.2, 0) is 14.3 Å². The molecule has 2 fully saturated rings. The summed E-state index contributed by atoms with van der Waals surface area (Å²) in [7, 11) is 1.65. The Morgan fingerprint density at radius 2 is 2.06 bits per heavy atom. The van der Waals surface area contributed by atoms with Gasteiger partial charge in [-0.3, -0.25) is 9.59 Å². The topological polar surface area (TPSA) is 58.6 Å². The smallest absolute Gasteiger partial charge is 0.248 e. The standard InChI is InChI=1S/C13H22N2O3/c1-10-11(16)14-13(6-3-4-7-13)12(17)15(10)8-5-9-18-2/h10H,3-9H2,1-2H3,(H,14,16). The van der Waals surface area contributed by atoms with Gasteiger partial charge in [-0.2, -0.15) is 0 Å². The van der Waals surface area contributed by atoms with E-state index >= 15 is 0 Å². The van der Waals surface area contributed by atoms with Crippen LogP contribution in [0.4, 0.5) is 0 Å². The minimum atomic E-state index is -0.601. The predicted molar refractivity (Wildman–Crippen MR) is 67.0 cm³/mol. The minimum absolute atomic E-state index is 0.0195. The molecule has 0 aromatic carbocycles. The summed E-state index contributed by atoms with van der Waals surface area (Å²) in [5, 5.41) is 2.95. The molecule has 5 heteroatoms. The van der Waals surface area contributed by atoms with E-state index in [9.17, 15) is 9.59 Å². The normalized spacial score (nSPS) is 26.8. The van der Waals surface area contributed by atoms with E-state index in [1.54, 1.807) is 18.9 Å². The molecule has 1 N–H and O–H groups in total. The molecule has 18 heavy (non-hydrogen) atoms. The van der Waals surface area contributed by atoms with Gasteiger partial charge in [-0.05, 0) is 26.2 Å². The number of ether oxygens (including phenoxy) is 1. The number of nitrogens with zero attached hydrogens (tertiary/aromatic N) is 1. The number of hydrogen-bond acceptors (Lipinski definition) is 3. The molecule has 1 atom stereocenters. The van der Waals surface area contributed by atoms with Crippen molar-refractivity contribution in [2.75, 3.05) is 20.3 Å². The summed E-state index contributed by atoms with van der Waals surface area (Å²) in [6.07, 6.45) is 4.38. The molecule has 1 unspecified atom stereocenters. The van der Waals surface area contributed by atoms with Crippen molar-refractivity contribution in [3.8, 4) is 0 Å². The zero-order chi connectivity index (χ0) is 13.2. The maximum Gasteiger partial charge on any atom is 0.248 e. The van der Waals surface area contributed by atoms with Crippen LogP contribution in [-0.4, -0.2) is 48.6 Å². The second-order valence-corrected chi connectivity index (χ2v) is 5.30. The van der Waals surface area contributed by atoms with Crippen LogP contribution in [0.25, 0.3) is 0 Å². The lowest BCUT2D eigenvalue weighted by atomic mass is 9.91. The molecule has 0 aromatic heterocycles. The van der Waals surface area contributed by atoms with Crippen molar-refractivity contribution in [3.63, 3.8) is 0 Å². The molecule has 5 nitrogen and oxygen atoms in total. The van der Waals surface area contributed by atoms with Gasteiger partial charge in [0.15, 0.2) is 0 Å². The van der Waals surface area contributed by atoms with E-state index in [-0.39, 0.29) is 17.9 Å². The second kappa shape index (κ2) is 5.26. The lowest BCUT2D eigenvalue weighted by Crippen LogP contribution is -2.68. The van der Waals surface area contributed by atoms with Crippen molar-refractivity contribution in [1.29, 1.82) is 0 Å². The van der Waals surface area contributed by atoms with Crippen molar-refractivity contribution in [1.82, 2.24) is 10.2 Å². The molecule has 2 rings (SSSR count). The van der Waals surface area contributed by atoms with E-state index < -0.39 is 5.54 Å². The van der Waals surface area contributed by atoms with Crippen LogP contribution in [0, 0.1) is 0 Å². The Hall–Kier alpha value is -1.10. The molecule has 1 saturated heterocycles. The maximum atomic E-state index is 12.6. The number of carbonyl (C=O) groups excluding carboxylic acids is 2. The van der Waals surface area contributed by atoms with Crippen molar-refractivity contribution in [3.05, 3.63) is 0 Å². The fraction of sp³-hybridized carbons (Fsp3) is 0.846. The molecule has 1 aliphatic heterocycles. The molecular formula is C13H22N2O3. The second-order valence-electron chi connectivity index (χ2n) is 5.30. The van der Waals surface area contributed by atoms with Gasteiger partial charge in [-0.15, -0.1) is 0 Å². The quantitative estimate of drug-likeness (QED) is 0.751. The van der Waals surface area contributed by atoms with Crippen LogP contribution >= 0.6 is 0 Å². The third kappa shape index (κ3) is 2.23. The average Bonchev–Trinajstić information content (AvgIpc) is 2.81. The number of rotatable bonds is 4. The SMILES string of the molecule is COCCCN1C(=O)C2(CCCC2)NC(=O)C1C. The highest BCUT2D eigenvalue weighted by molar-refractivity contribution is 5.99. The number of hydrogen-bond donors (Lipinski definition) is 1. The van der Waals surface area contributed by atoms with Gasteiger partial charge < -0.3 is 15.0 Å². The van der Waals surface area contributed by atoms with Crippen LogP contribution < -0.4 is 5.32 Å². The van der Waals surface area contributed by atoms with Gasteiger partial charge >= 0.3 is 0 Å². The van der Waals surface area contributed by atoms with Crippen molar-refractivity contribution < 1.29 is 14.3 Å². The van der Waals surface area contributed by atoms with E-state index in [0.717, 1.165) is 32.1 Å². The first-order valence-electron chi connectivity index (χ1n) is 6.73. The van der Waals surface area contributed by atoms with Crippen molar-refractivity contribution >= 4 is 11.8 Å². The Labute approximate surface area is 108 Å². The zero-order valence-corrected chi connectivity index (χ0v) is 11.2. The number of methoxy groups -OCH3 is 1. The lowest BCUT2D eigenvalue weighted by Gasteiger charge is -2.43. The molecule has 1 spiro atoms. The minimum Gasteiger partial charge on any atom is -0.385 e. The van der Waals surface area contributed by atoms with E-state index in [2.05, 4.69) is 5.32 Å². The summed E-state index contributed by atoms with van der Waals surface area (Å²) in [6.45, 7) is 3.01. The fourth-order valence-corrected chi connectivity index (χ4v) is 2.98. The maximum absolute atomic E-state index is 12.6. The van der Waals surface area contributed by atoms with Crippen LogP contribution in [0.3, 0.4) is 0 Å². The van der Waals surface area contributed by atoms with E-state index in [1.807, 2.05) is 0 Å². The summed E-state index contributed by atoms with van der Waals surface area (Å²) in [6, 6.07) is -0.361. The van der Waals surface area contributed by atoms with Gasteiger partial charge in [0, 0.05) is 20.3 Å². The van der Waals surface area contributed by atoms with Gasteiger partial charge in [0.25, 0.3) is 0 Å². The van der Waals surface area contributed by atoms with Gasteiger partial charge in [-0.25, -0.2) is 0 Å². The number of piperazine rings is 1. The van der Waals surface area contributed by atoms with Crippen molar-refractivity contribution in [2.24, 2.45) is 0 Å². The van der Waals surface area contributed by atoms with E-state index in [4.69, 9.17) is 4.74 Å². The first-order valence-corrected chi connectivity index (χ1v) is 6.73. The molecule has 1 saturated carbocycles. The monoisotopic (exact) mass is 254 g/mol. The third-order valence-electron chi connectivity index (χ3n) is 4.08. The largest absolute Gasteiger partial charge is 0.385 e. The number of nitrogens with one attached hydrogen (secondary N) is 1.